The molecule has 0 aliphatic rings. The first kappa shape index (κ1) is 18.7. The number of para-hydroxylation sites is 1. The van der Waals surface area contributed by atoms with Crippen molar-refractivity contribution in [2.75, 3.05) is 6.54 Å². The number of aryl methyl sites for hydroxylation is 1. The molecule has 132 valence electrons. The summed E-state index contributed by atoms with van der Waals surface area (Å²) in [6.45, 7) is 5.58. The number of carbonyl (C=O) groups excluding carboxylic acids is 2. The van der Waals surface area contributed by atoms with E-state index in [-0.39, 0.29) is 5.91 Å². The molecule has 1 aromatic heterocycles. The molecule has 1 heterocycles. The third-order valence-corrected chi connectivity index (χ3v) is 3.81. The van der Waals surface area contributed by atoms with Crippen LogP contribution in [-0.2, 0) is 14.3 Å². The maximum absolute atomic E-state index is 11.9. The van der Waals surface area contributed by atoms with Gasteiger partial charge in [-0.15, -0.1) is 0 Å². The highest BCUT2D eigenvalue weighted by Gasteiger charge is 2.16. The van der Waals surface area contributed by atoms with Gasteiger partial charge in [0.25, 0.3) is 5.91 Å². The normalized spacial score (nSPS) is 12.2. The van der Waals surface area contributed by atoms with Crippen molar-refractivity contribution in [2.24, 2.45) is 0 Å². The summed E-state index contributed by atoms with van der Waals surface area (Å²) in [6, 6.07) is 9.44. The molecule has 0 aliphatic heterocycles. The Morgan fingerprint density at radius 2 is 2.04 bits per heavy atom. The van der Waals surface area contributed by atoms with Crippen molar-refractivity contribution < 1.29 is 14.3 Å². The predicted molar refractivity (Wildman–Crippen MR) is 96.6 cm³/mol. The lowest BCUT2D eigenvalue weighted by Crippen LogP contribution is -2.35. The average Bonchev–Trinajstić information content (AvgIpc) is 2.88. The molecule has 0 radical (unpaired) electrons. The molecule has 0 spiro atoms. The molecule has 0 fully saturated rings. The van der Waals surface area contributed by atoms with E-state index < -0.39 is 12.1 Å². The Bertz CT molecular complexity index is 784. The second-order valence-electron chi connectivity index (χ2n) is 5.34. The summed E-state index contributed by atoms with van der Waals surface area (Å²) < 4.78 is 6.65. The van der Waals surface area contributed by atoms with Crippen molar-refractivity contribution in [3.05, 3.63) is 52.8 Å². The van der Waals surface area contributed by atoms with Crippen LogP contribution in [0.25, 0.3) is 11.8 Å². The molecule has 25 heavy (non-hydrogen) atoms. The van der Waals surface area contributed by atoms with Crippen LogP contribution in [0.2, 0.25) is 5.15 Å². The van der Waals surface area contributed by atoms with Crippen LogP contribution in [-0.4, -0.2) is 34.3 Å². The summed E-state index contributed by atoms with van der Waals surface area (Å²) in [4.78, 5) is 23.4. The van der Waals surface area contributed by atoms with Crippen molar-refractivity contribution in [3.8, 4) is 5.69 Å². The number of hydrogen-bond acceptors (Lipinski definition) is 4. The van der Waals surface area contributed by atoms with E-state index >= 15 is 0 Å². The first-order valence-corrected chi connectivity index (χ1v) is 8.28. The quantitative estimate of drug-likeness (QED) is 0.634. The second kappa shape index (κ2) is 8.48. The molecule has 1 aromatic carbocycles. The molecule has 0 unspecified atom stereocenters. The lowest BCUT2D eigenvalue weighted by atomic mass is 10.2. The van der Waals surface area contributed by atoms with Crippen LogP contribution in [0.1, 0.15) is 25.1 Å². The summed E-state index contributed by atoms with van der Waals surface area (Å²) in [5.74, 6) is -0.961. The number of nitrogens with zero attached hydrogens (tertiary/aromatic N) is 2. The summed E-state index contributed by atoms with van der Waals surface area (Å²) in [7, 11) is 0. The van der Waals surface area contributed by atoms with Crippen molar-refractivity contribution in [3.63, 3.8) is 0 Å². The van der Waals surface area contributed by atoms with E-state index in [1.165, 1.54) is 19.1 Å². The minimum atomic E-state index is -0.860. The van der Waals surface area contributed by atoms with Crippen LogP contribution < -0.4 is 5.32 Å². The third kappa shape index (κ3) is 4.70. The van der Waals surface area contributed by atoms with Gasteiger partial charge >= 0.3 is 5.97 Å². The van der Waals surface area contributed by atoms with Gasteiger partial charge < -0.3 is 10.1 Å². The highest BCUT2D eigenvalue weighted by Crippen LogP contribution is 2.24. The molecule has 0 bridgehead atoms. The van der Waals surface area contributed by atoms with Gasteiger partial charge in [0.1, 0.15) is 5.15 Å². The summed E-state index contributed by atoms with van der Waals surface area (Å²) in [6.07, 6.45) is 1.92. The average molecular weight is 362 g/mol. The zero-order valence-electron chi connectivity index (χ0n) is 14.3. The fraction of sp³-hybridized carbons (Fsp3) is 0.278. The lowest BCUT2D eigenvalue weighted by Gasteiger charge is -2.10. The van der Waals surface area contributed by atoms with Gasteiger partial charge in [0.2, 0.25) is 0 Å². The van der Waals surface area contributed by atoms with Crippen LogP contribution >= 0.6 is 11.6 Å². The molecule has 0 saturated heterocycles. The van der Waals surface area contributed by atoms with Gasteiger partial charge in [0.15, 0.2) is 6.10 Å². The number of amides is 1. The molecule has 0 saturated carbocycles. The molecule has 2 rings (SSSR count). The minimum absolute atomic E-state index is 0.338. The lowest BCUT2D eigenvalue weighted by molar-refractivity contribution is -0.150. The van der Waals surface area contributed by atoms with Crippen LogP contribution in [0.15, 0.2) is 36.4 Å². The van der Waals surface area contributed by atoms with E-state index in [2.05, 4.69) is 10.4 Å². The summed E-state index contributed by atoms with van der Waals surface area (Å²) >= 11 is 6.38. The molecule has 1 amide bonds. The van der Waals surface area contributed by atoms with Crippen molar-refractivity contribution >= 4 is 29.6 Å². The summed E-state index contributed by atoms with van der Waals surface area (Å²) in [5.41, 5.74) is 2.12. The fourth-order valence-electron chi connectivity index (χ4n) is 2.18. The van der Waals surface area contributed by atoms with Gasteiger partial charge in [-0.05, 0) is 39.0 Å². The van der Waals surface area contributed by atoms with Gasteiger partial charge in [-0.2, -0.15) is 5.10 Å². The van der Waals surface area contributed by atoms with Gasteiger partial charge in [-0.1, -0.05) is 29.8 Å². The Balaban J connectivity index is 2.12. The standard InChI is InChI=1S/C18H20ClN3O3/c1-4-20-18(24)13(3)25-16(23)11-10-15-12(2)21-22(17(15)19)14-8-6-5-7-9-14/h5-11,13H,4H2,1-3H3,(H,20,24)/b11-10+/t13-/m0/s1. The van der Waals surface area contributed by atoms with E-state index in [1.807, 2.05) is 30.3 Å². The third-order valence-electron chi connectivity index (χ3n) is 3.45. The molecule has 1 atom stereocenters. The van der Waals surface area contributed by atoms with Crippen LogP contribution in [0, 0.1) is 6.92 Å². The number of carbonyl (C=O) groups is 2. The Hall–Kier alpha value is -2.60. The van der Waals surface area contributed by atoms with Crippen LogP contribution in [0.5, 0.6) is 0 Å². The van der Waals surface area contributed by atoms with Crippen LogP contribution in [0.4, 0.5) is 0 Å². The van der Waals surface area contributed by atoms with Crippen molar-refractivity contribution in [2.45, 2.75) is 26.9 Å². The number of halogens is 1. The molecule has 0 aliphatic carbocycles. The summed E-state index contributed by atoms with van der Waals surface area (Å²) in [5, 5.41) is 7.37. The fourth-order valence-corrected chi connectivity index (χ4v) is 2.51. The van der Waals surface area contributed by atoms with Gasteiger partial charge in [0, 0.05) is 18.2 Å². The number of ether oxygens (including phenoxy) is 1. The highest BCUT2D eigenvalue weighted by atomic mass is 35.5. The molecular formula is C18H20ClN3O3. The maximum Gasteiger partial charge on any atom is 0.331 e. The van der Waals surface area contributed by atoms with Crippen LogP contribution in [0.3, 0.4) is 0 Å². The van der Waals surface area contributed by atoms with Gasteiger partial charge in [-0.3, -0.25) is 4.79 Å². The monoisotopic (exact) mass is 361 g/mol. The number of rotatable bonds is 6. The molecule has 2 aromatic rings. The van der Waals surface area contributed by atoms with E-state index in [4.69, 9.17) is 16.3 Å². The first-order chi connectivity index (χ1) is 11.9. The smallest absolute Gasteiger partial charge is 0.331 e. The Morgan fingerprint density at radius 3 is 2.68 bits per heavy atom. The topological polar surface area (TPSA) is 73.2 Å². The molecule has 6 nitrogen and oxygen atoms in total. The zero-order valence-corrected chi connectivity index (χ0v) is 15.1. The first-order valence-electron chi connectivity index (χ1n) is 7.91. The van der Waals surface area contributed by atoms with Crippen molar-refractivity contribution in [1.29, 1.82) is 0 Å². The Morgan fingerprint density at radius 1 is 1.36 bits per heavy atom. The van der Waals surface area contributed by atoms with Gasteiger partial charge in [0.05, 0.1) is 11.4 Å². The SMILES string of the molecule is CCNC(=O)[C@H](C)OC(=O)/C=C/c1c(C)nn(-c2ccccc2)c1Cl. The largest absolute Gasteiger partial charge is 0.449 e. The number of likely N-dealkylation sites (N-methyl/N-ethyl adjacent to an activating group) is 1. The minimum Gasteiger partial charge on any atom is -0.449 e. The number of hydrogen-bond donors (Lipinski definition) is 1. The number of nitrogens with one attached hydrogen (secondary N) is 1. The van der Waals surface area contributed by atoms with E-state index in [0.717, 1.165) is 5.69 Å². The molecular weight excluding hydrogens is 342 g/mol. The predicted octanol–water partition coefficient (Wildman–Crippen LogP) is 2.92. The molecule has 1 N–H and O–H groups in total. The van der Waals surface area contributed by atoms with Gasteiger partial charge in [-0.25, -0.2) is 9.48 Å². The maximum atomic E-state index is 11.9. The van der Waals surface area contributed by atoms with E-state index in [9.17, 15) is 9.59 Å². The number of esters is 1. The van der Waals surface area contributed by atoms with E-state index in [0.29, 0.717) is 23.0 Å². The Kier molecular flexibility index (Phi) is 6.36. The zero-order chi connectivity index (χ0) is 18.4. The highest BCUT2D eigenvalue weighted by molar-refractivity contribution is 6.31. The molecule has 7 heteroatoms. The second-order valence-corrected chi connectivity index (χ2v) is 5.70. The number of benzene rings is 1. The van der Waals surface area contributed by atoms with E-state index in [1.54, 1.807) is 18.5 Å². The Labute approximate surface area is 151 Å². The van der Waals surface area contributed by atoms with Crippen molar-refractivity contribution in [1.82, 2.24) is 15.1 Å². The number of aromatic nitrogens is 2.